The van der Waals surface area contributed by atoms with Gasteiger partial charge in [0.2, 0.25) is 0 Å². The monoisotopic (exact) mass is 408 g/mol. The van der Waals surface area contributed by atoms with Crippen LogP contribution in [0.1, 0.15) is 22.8 Å². The third-order valence-electron chi connectivity index (χ3n) is 4.32. The molecule has 0 bridgehead atoms. The van der Waals surface area contributed by atoms with Crippen LogP contribution in [0, 0.1) is 6.92 Å². The summed E-state index contributed by atoms with van der Waals surface area (Å²) in [7, 11) is 0. The summed E-state index contributed by atoms with van der Waals surface area (Å²) in [5, 5.41) is 6.07. The number of carbonyl (C=O) groups is 2. The van der Waals surface area contributed by atoms with Crippen LogP contribution in [0.25, 0.3) is 0 Å². The van der Waals surface area contributed by atoms with Crippen molar-refractivity contribution in [1.29, 1.82) is 0 Å². The molecule has 0 heterocycles. The van der Waals surface area contributed by atoms with Crippen molar-refractivity contribution in [2.24, 2.45) is 0 Å². The van der Waals surface area contributed by atoms with E-state index in [0.29, 0.717) is 22.0 Å². The SMILES string of the molecule is Cc1ccccc1NC(=O)c1ccc(OC(C)C(=O)Nc2ccccc2Cl)cc1. The number of carbonyl (C=O) groups excluding carboxylic acids is 2. The Hall–Kier alpha value is -3.31. The Kier molecular flexibility index (Phi) is 6.52. The number of halogens is 1. The van der Waals surface area contributed by atoms with Gasteiger partial charge in [-0.15, -0.1) is 0 Å². The number of amides is 2. The van der Waals surface area contributed by atoms with Crippen LogP contribution < -0.4 is 15.4 Å². The molecule has 0 aliphatic heterocycles. The Bertz CT molecular complexity index is 1020. The van der Waals surface area contributed by atoms with Crippen molar-refractivity contribution in [2.45, 2.75) is 20.0 Å². The van der Waals surface area contributed by atoms with Crippen molar-refractivity contribution >= 4 is 34.8 Å². The van der Waals surface area contributed by atoms with E-state index >= 15 is 0 Å². The van der Waals surface area contributed by atoms with Crippen molar-refractivity contribution in [3.63, 3.8) is 0 Å². The molecule has 0 fully saturated rings. The summed E-state index contributed by atoms with van der Waals surface area (Å²) in [4.78, 5) is 24.7. The maximum absolute atomic E-state index is 12.4. The third-order valence-corrected chi connectivity index (χ3v) is 4.65. The number of ether oxygens (including phenoxy) is 1. The van der Waals surface area contributed by atoms with Crippen LogP contribution in [0.5, 0.6) is 5.75 Å². The number of rotatable bonds is 6. The first-order valence-corrected chi connectivity index (χ1v) is 9.51. The lowest BCUT2D eigenvalue weighted by molar-refractivity contribution is -0.122. The number of anilines is 2. The van der Waals surface area contributed by atoms with Gasteiger partial charge in [-0.2, -0.15) is 0 Å². The highest BCUT2D eigenvalue weighted by molar-refractivity contribution is 6.33. The quantitative estimate of drug-likeness (QED) is 0.581. The molecule has 2 N–H and O–H groups in total. The zero-order valence-electron chi connectivity index (χ0n) is 16.1. The van der Waals surface area contributed by atoms with E-state index in [0.717, 1.165) is 11.3 Å². The highest BCUT2D eigenvalue weighted by Gasteiger charge is 2.16. The molecule has 1 atom stereocenters. The first-order valence-electron chi connectivity index (χ1n) is 9.13. The van der Waals surface area contributed by atoms with Crippen molar-refractivity contribution in [3.8, 4) is 5.75 Å². The summed E-state index contributed by atoms with van der Waals surface area (Å²) >= 11 is 6.05. The highest BCUT2D eigenvalue weighted by atomic mass is 35.5. The molecule has 2 amide bonds. The highest BCUT2D eigenvalue weighted by Crippen LogP contribution is 2.21. The molecule has 5 nitrogen and oxygen atoms in total. The second-order valence-electron chi connectivity index (χ2n) is 6.52. The number of benzene rings is 3. The Labute approximate surface area is 174 Å². The van der Waals surface area contributed by atoms with Gasteiger partial charge in [0.25, 0.3) is 11.8 Å². The Morgan fingerprint density at radius 2 is 1.48 bits per heavy atom. The largest absolute Gasteiger partial charge is 0.481 e. The Balaban J connectivity index is 1.59. The van der Waals surface area contributed by atoms with Crippen molar-refractivity contribution in [2.75, 3.05) is 10.6 Å². The minimum absolute atomic E-state index is 0.213. The number of para-hydroxylation sites is 2. The van der Waals surface area contributed by atoms with Gasteiger partial charge >= 0.3 is 0 Å². The van der Waals surface area contributed by atoms with E-state index in [-0.39, 0.29) is 11.8 Å². The van der Waals surface area contributed by atoms with Crippen molar-refractivity contribution in [3.05, 3.63) is 88.9 Å². The number of aryl methyl sites for hydroxylation is 1. The lowest BCUT2D eigenvalue weighted by Crippen LogP contribution is -2.30. The predicted molar refractivity (Wildman–Crippen MR) is 116 cm³/mol. The molecule has 0 radical (unpaired) electrons. The number of hydrogen-bond donors (Lipinski definition) is 2. The van der Waals surface area contributed by atoms with Crippen molar-refractivity contribution < 1.29 is 14.3 Å². The Morgan fingerprint density at radius 1 is 0.862 bits per heavy atom. The third kappa shape index (κ3) is 5.36. The summed E-state index contributed by atoms with van der Waals surface area (Å²) in [6.45, 7) is 3.58. The minimum Gasteiger partial charge on any atom is -0.481 e. The summed E-state index contributed by atoms with van der Waals surface area (Å²) in [5.41, 5.74) is 2.77. The maximum Gasteiger partial charge on any atom is 0.265 e. The average molecular weight is 409 g/mol. The fourth-order valence-electron chi connectivity index (χ4n) is 2.65. The smallest absolute Gasteiger partial charge is 0.265 e. The second kappa shape index (κ2) is 9.26. The fourth-order valence-corrected chi connectivity index (χ4v) is 2.83. The summed E-state index contributed by atoms with van der Waals surface area (Å²) in [6, 6.07) is 21.2. The van der Waals surface area contributed by atoms with Gasteiger partial charge in [-0.1, -0.05) is 41.9 Å². The van der Waals surface area contributed by atoms with Gasteiger partial charge in [-0.05, 0) is 61.9 Å². The molecule has 3 aromatic carbocycles. The number of nitrogens with one attached hydrogen (secondary N) is 2. The van der Waals surface area contributed by atoms with Gasteiger partial charge in [0.05, 0.1) is 10.7 Å². The summed E-state index contributed by atoms with van der Waals surface area (Å²) in [6.07, 6.45) is -0.738. The van der Waals surface area contributed by atoms with Crippen LogP contribution in [0.15, 0.2) is 72.8 Å². The van der Waals surface area contributed by atoms with Crippen LogP contribution in [0.3, 0.4) is 0 Å². The maximum atomic E-state index is 12.4. The van der Waals surface area contributed by atoms with Gasteiger partial charge in [0, 0.05) is 11.3 Å². The first kappa shape index (κ1) is 20.4. The normalized spacial score (nSPS) is 11.4. The van der Waals surface area contributed by atoms with Crippen LogP contribution >= 0.6 is 11.6 Å². The molecule has 1 unspecified atom stereocenters. The average Bonchev–Trinajstić information content (AvgIpc) is 2.72. The Morgan fingerprint density at radius 3 is 2.14 bits per heavy atom. The molecule has 0 spiro atoms. The molecular weight excluding hydrogens is 388 g/mol. The summed E-state index contributed by atoms with van der Waals surface area (Å²) in [5.74, 6) is -0.0471. The topological polar surface area (TPSA) is 67.4 Å². The van der Waals surface area contributed by atoms with E-state index in [1.165, 1.54) is 0 Å². The lowest BCUT2D eigenvalue weighted by atomic mass is 10.1. The standard InChI is InChI=1S/C23H21ClN2O3/c1-15-7-3-5-9-20(15)25-23(28)17-11-13-18(14-12-17)29-16(2)22(27)26-21-10-6-4-8-19(21)24/h3-14,16H,1-2H3,(H,25,28)(H,26,27). The molecule has 0 aromatic heterocycles. The first-order chi connectivity index (χ1) is 13.9. The van der Waals surface area contributed by atoms with Crippen LogP contribution in [-0.4, -0.2) is 17.9 Å². The molecule has 3 aromatic rings. The van der Waals surface area contributed by atoms with E-state index in [9.17, 15) is 9.59 Å². The minimum atomic E-state index is -0.738. The molecule has 0 aliphatic carbocycles. The zero-order chi connectivity index (χ0) is 20.8. The van der Waals surface area contributed by atoms with Crippen LogP contribution in [-0.2, 0) is 4.79 Å². The predicted octanol–water partition coefficient (Wildman–Crippen LogP) is 5.31. The fraction of sp³-hybridized carbons (Fsp3) is 0.130. The molecule has 6 heteroatoms. The summed E-state index contributed by atoms with van der Waals surface area (Å²) < 4.78 is 5.67. The molecule has 3 rings (SSSR count). The van der Waals surface area contributed by atoms with E-state index in [4.69, 9.17) is 16.3 Å². The van der Waals surface area contributed by atoms with Gasteiger partial charge in [-0.3, -0.25) is 9.59 Å². The van der Waals surface area contributed by atoms with Gasteiger partial charge in [0.1, 0.15) is 5.75 Å². The molecule has 0 aliphatic rings. The number of hydrogen-bond acceptors (Lipinski definition) is 3. The van der Waals surface area contributed by atoms with Crippen molar-refractivity contribution in [1.82, 2.24) is 0 Å². The lowest BCUT2D eigenvalue weighted by Gasteiger charge is -2.15. The van der Waals surface area contributed by atoms with Crippen LogP contribution in [0.4, 0.5) is 11.4 Å². The second-order valence-corrected chi connectivity index (χ2v) is 6.93. The zero-order valence-corrected chi connectivity index (χ0v) is 16.9. The molecule has 29 heavy (non-hydrogen) atoms. The molecule has 0 saturated carbocycles. The van der Waals surface area contributed by atoms with Gasteiger partial charge < -0.3 is 15.4 Å². The van der Waals surface area contributed by atoms with E-state index in [1.807, 2.05) is 31.2 Å². The van der Waals surface area contributed by atoms with Gasteiger partial charge in [0.15, 0.2) is 6.10 Å². The van der Waals surface area contributed by atoms with Gasteiger partial charge in [-0.25, -0.2) is 0 Å². The molecule has 148 valence electrons. The molecular formula is C23H21ClN2O3. The molecule has 0 saturated heterocycles. The van der Waals surface area contributed by atoms with E-state index < -0.39 is 6.10 Å². The van der Waals surface area contributed by atoms with E-state index in [1.54, 1.807) is 55.5 Å². The van der Waals surface area contributed by atoms with Crippen LogP contribution in [0.2, 0.25) is 5.02 Å². The van der Waals surface area contributed by atoms with E-state index in [2.05, 4.69) is 10.6 Å².